The third-order valence-corrected chi connectivity index (χ3v) is 7.59. The molecule has 0 unspecified atom stereocenters. The summed E-state index contributed by atoms with van der Waals surface area (Å²) < 4.78 is 2.11. The largest absolute Gasteiger partial charge is 0.324 e. The van der Waals surface area contributed by atoms with E-state index in [4.69, 9.17) is 0 Å². The lowest BCUT2D eigenvalue weighted by Gasteiger charge is -2.20. The van der Waals surface area contributed by atoms with Gasteiger partial charge in [0.25, 0.3) is 0 Å². The van der Waals surface area contributed by atoms with Crippen LogP contribution in [0.15, 0.2) is 99.9 Å². The fourth-order valence-corrected chi connectivity index (χ4v) is 5.12. The number of amides is 1. The Morgan fingerprint density at radius 2 is 1.60 bits per heavy atom. The van der Waals surface area contributed by atoms with E-state index in [1.165, 1.54) is 11.8 Å². The van der Waals surface area contributed by atoms with Crippen molar-refractivity contribution < 1.29 is 4.79 Å². The number of nitrogens with zero attached hydrogens (tertiary/aromatic N) is 4. The van der Waals surface area contributed by atoms with Gasteiger partial charge in [-0.25, -0.2) is 0 Å². The Kier molecular flexibility index (Phi) is 8.63. The van der Waals surface area contributed by atoms with Crippen molar-refractivity contribution in [2.45, 2.75) is 34.5 Å². The highest BCUT2D eigenvalue weighted by atomic mass is 32.2. The Morgan fingerprint density at radius 1 is 0.943 bits per heavy atom. The topological polar surface area (TPSA) is 63.1 Å². The zero-order valence-corrected chi connectivity index (χ0v) is 21.7. The molecule has 1 N–H and O–H groups in total. The molecule has 0 bridgehead atoms. The highest BCUT2D eigenvalue weighted by Gasteiger charge is 2.20. The van der Waals surface area contributed by atoms with Gasteiger partial charge in [-0.15, -0.1) is 10.2 Å². The van der Waals surface area contributed by atoms with E-state index in [1.54, 1.807) is 11.8 Å². The molecule has 0 spiro atoms. The zero-order valence-electron chi connectivity index (χ0n) is 20.1. The maximum Gasteiger partial charge on any atom is 0.234 e. The van der Waals surface area contributed by atoms with Crippen molar-refractivity contribution >= 4 is 35.1 Å². The minimum atomic E-state index is -0.0763. The average Bonchev–Trinajstić information content (AvgIpc) is 3.26. The van der Waals surface area contributed by atoms with E-state index in [9.17, 15) is 4.79 Å². The number of carbonyl (C=O) groups excluding carboxylic acids is 1. The fraction of sp³-hybridized carbons (Fsp3) is 0.222. The first kappa shape index (κ1) is 25.0. The van der Waals surface area contributed by atoms with Crippen molar-refractivity contribution in [3.8, 4) is 0 Å². The van der Waals surface area contributed by atoms with Gasteiger partial charge in [-0.2, -0.15) is 0 Å². The number of aromatic nitrogens is 3. The molecule has 180 valence electrons. The summed E-state index contributed by atoms with van der Waals surface area (Å²) in [4.78, 5) is 17.1. The summed E-state index contributed by atoms with van der Waals surface area (Å²) in [7, 11) is 4.05. The SMILES string of the molecule is C[C@H](c1nnc(SCC(=O)Nc2ccccc2Sc2ccccc2)n1Cc1ccccc1)N(C)C. The third kappa shape index (κ3) is 6.75. The van der Waals surface area contributed by atoms with Gasteiger partial charge in [-0.3, -0.25) is 9.69 Å². The van der Waals surface area contributed by atoms with Gasteiger partial charge in [0, 0.05) is 9.79 Å². The minimum Gasteiger partial charge on any atom is -0.324 e. The van der Waals surface area contributed by atoms with E-state index < -0.39 is 0 Å². The molecule has 0 aliphatic rings. The molecule has 1 aromatic heterocycles. The first-order valence-electron chi connectivity index (χ1n) is 11.4. The molecule has 4 rings (SSSR count). The van der Waals surface area contributed by atoms with Crippen molar-refractivity contribution in [2.24, 2.45) is 0 Å². The van der Waals surface area contributed by atoms with Crippen LogP contribution in [0, 0.1) is 0 Å². The first-order valence-corrected chi connectivity index (χ1v) is 13.2. The number of hydrogen-bond donors (Lipinski definition) is 1. The van der Waals surface area contributed by atoms with E-state index in [2.05, 4.69) is 56.2 Å². The highest BCUT2D eigenvalue weighted by molar-refractivity contribution is 8.00. The number of nitrogens with one attached hydrogen (secondary N) is 1. The molecule has 8 heteroatoms. The molecule has 4 aromatic rings. The number of carbonyl (C=O) groups is 1. The van der Waals surface area contributed by atoms with Crippen LogP contribution in [0.5, 0.6) is 0 Å². The maximum atomic E-state index is 12.9. The molecular weight excluding hydrogens is 474 g/mol. The van der Waals surface area contributed by atoms with Gasteiger partial charge in [-0.1, -0.05) is 84.2 Å². The highest BCUT2D eigenvalue weighted by Crippen LogP contribution is 2.33. The summed E-state index contributed by atoms with van der Waals surface area (Å²) in [5, 5.41) is 12.7. The summed E-state index contributed by atoms with van der Waals surface area (Å²) in [5.74, 6) is 1.05. The van der Waals surface area contributed by atoms with Crippen LogP contribution in [0.1, 0.15) is 24.4 Å². The number of hydrogen-bond acceptors (Lipinski definition) is 6. The van der Waals surface area contributed by atoms with E-state index in [0.29, 0.717) is 6.54 Å². The summed E-state index contributed by atoms with van der Waals surface area (Å²) in [6, 6.07) is 28.3. The summed E-state index contributed by atoms with van der Waals surface area (Å²) in [5.41, 5.74) is 1.97. The molecule has 0 aliphatic heterocycles. The van der Waals surface area contributed by atoms with Gasteiger partial charge in [0.15, 0.2) is 11.0 Å². The molecule has 1 heterocycles. The number of para-hydroxylation sites is 1. The summed E-state index contributed by atoms with van der Waals surface area (Å²) >= 11 is 3.04. The smallest absolute Gasteiger partial charge is 0.234 e. The predicted molar refractivity (Wildman–Crippen MR) is 144 cm³/mol. The number of benzene rings is 3. The molecule has 35 heavy (non-hydrogen) atoms. The van der Waals surface area contributed by atoms with E-state index >= 15 is 0 Å². The maximum absolute atomic E-state index is 12.9. The molecule has 6 nitrogen and oxygen atoms in total. The number of anilines is 1. The lowest BCUT2D eigenvalue weighted by Crippen LogP contribution is -2.21. The second-order valence-electron chi connectivity index (χ2n) is 8.30. The molecule has 1 atom stereocenters. The van der Waals surface area contributed by atoms with Crippen molar-refractivity contribution in [2.75, 3.05) is 25.2 Å². The quantitative estimate of drug-likeness (QED) is 0.275. The normalized spacial score (nSPS) is 12.0. The van der Waals surface area contributed by atoms with Crippen LogP contribution < -0.4 is 5.32 Å². The molecule has 0 saturated heterocycles. The minimum absolute atomic E-state index is 0.0763. The van der Waals surface area contributed by atoms with E-state index in [-0.39, 0.29) is 17.7 Å². The molecule has 1 amide bonds. The number of rotatable bonds is 10. The summed E-state index contributed by atoms with van der Waals surface area (Å²) in [6.45, 7) is 2.76. The van der Waals surface area contributed by atoms with Crippen LogP contribution in [0.25, 0.3) is 0 Å². The van der Waals surface area contributed by atoms with Crippen LogP contribution >= 0.6 is 23.5 Å². The van der Waals surface area contributed by atoms with Crippen molar-refractivity contribution in [1.29, 1.82) is 0 Å². The van der Waals surface area contributed by atoms with E-state index in [1.807, 2.05) is 74.8 Å². The van der Waals surface area contributed by atoms with Crippen molar-refractivity contribution in [3.63, 3.8) is 0 Å². The van der Waals surface area contributed by atoms with Crippen molar-refractivity contribution in [1.82, 2.24) is 19.7 Å². The second kappa shape index (κ2) is 12.1. The van der Waals surface area contributed by atoms with Crippen LogP contribution in [0.3, 0.4) is 0 Å². The van der Waals surface area contributed by atoms with Crippen LogP contribution in [-0.2, 0) is 11.3 Å². The Bertz CT molecular complexity index is 1240. The van der Waals surface area contributed by atoms with Gasteiger partial charge in [0.05, 0.1) is 24.0 Å². The van der Waals surface area contributed by atoms with Gasteiger partial charge in [0.2, 0.25) is 5.91 Å². The lowest BCUT2D eigenvalue weighted by molar-refractivity contribution is -0.113. The van der Waals surface area contributed by atoms with Crippen LogP contribution in [0.4, 0.5) is 5.69 Å². The Balaban J connectivity index is 1.47. The average molecular weight is 504 g/mol. The zero-order chi connectivity index (χ0) is 24.6. The fourth-order valence-electron chi connectivity index (χ4n) is 3.45. The molecular formula is C27H29N5OS2. The molecule has 0 saturated carbocycles. The first-order chi connectivity index (χ1) is 17.0. The monoisotopic (exact) mass is 503 g/mol. The Labute approximate surface area is 215 Å². The summed E-state index contributed by atoms with van der Waals surface area (Å²) in [6.07, 6.45) is 0. The molecule has 3 aromatic carbocycles. The number of thioether (sulfide) groups is 1. The van der Waals surface area contributed by atoms with Crippen LogP contribution in [-0.4, -0.2) is 45.4 Å². The van der Waals surface area contributed by atoms with Gasteiger partial charge >= 0.3 is 0 Å². The van der Waals surface area contributed by atoms with Crippen molar-refractivity contribution in [3.05, 3.63) is 96.3 Å². The lowest BCUT2D eigenvalue weighted by atomic mass is 10.2. The van der Waals surface area contributed by atoms with Gasteiger partial charge in [-0.05, 0) is 50.8 Å². The third-order valence-electron chi connectivity index (χ3n) is 5.54. The van der Waals surface area contributed by atoms with Gasteiger partial charge < -0.3 is 9.88 Å². The Morgan fingerprint density at radius 3 is 2.31 bits per heavy atom. The standard InChI is InChI=1S/C27H29N5OS2/c1-20(31(2)3)26-29-30-27(32(26)18-21-12-6-4-7-13-21)34-19-25(33)28-23-16-10-11-17-24(23)35-22-14-8-5-9-15-22/h4-17,20H,18-19H2,1-3H3,(H,28,33)/t20-/m1/s1. The van der Waals surface area contributed by atoms with Gasteiger partial charge in [0.1, 0.15) is 0 Å². The second-order valence-corrected chi connectivity index (χ2v) is 10.4. The molecule has 0 fully saturated rings. The van der Waals surface area contributed by atoms with Crippen LogP contribution in [0.2, 0.25) is 0 Å². The molecule has 0 radical (unpaired) electrons. The Hall–Kier alpha value is -3.07. The molecule has 0 aliphatic carbocycles. The van der Waals surface area contributed by atoms with E-state index in [0.717, 1.165) is 32.0 Å². The predicted octanol–water partition coefficient (Wildman–Crippen LogP) is 5.83.